The average Bonchev–Trinajstić information content (AvgIpc) is 2.37. The lowest BCUT2D eigenvalue weighted by molar-refractivity contribution is 0.583. The smallest absolute Gasteiger partial charge is 0.214 e. The molecule has 4 heteroatoms. The van der Waals surface area contributed by atoms with Gasteiger partial charge in [0.1, 0.15) is 5.82 Å². The van der Waals surface area contributed by atoms with Gasteiger partial charge in [-0.3, -0.25) is 0 Å². The zero-order chi connectivity index (χ0) is 13.0. The van der Waals surface area contributed by atoms with Crippen LogP contribution in [0.5, 0.6) is 0 Å². The van der Waals surface area contributed by atoms with E-state index >= 15 is 0 Å². The number of benzene rings is 1. The first-order valence-corrected chi connectivity index (χ1v) is 6.63. The Morgan fingerprint density at radius 3 is 2.56 bits per heavy atom. The molecule has 0 fully saturated rings. The molecule has 0 amide bonds. The summed E-state index contributed by atoms with van der Waals surface area (Å²) in [5.74, 6) is 0.0930. The fourth-order valence-corrected chi connectivity index (χ4v) is 2.05. The molecule has 0 aliphatic heterocycles. The lowest BCUT2D eigenvalue weighted by Crippen LogP contribution is -2.10. The van der Waals surface area contributed by atoms with Crippen molar-refractivity contribution in [2.45, 2.75) is 19.4 Å². The van der Waals surface area contributed by atoms with Gasteiger partial charge in [0.15, 0.2) is 0 Å². The van der Waals surface area contributed by atoms with E-state index in [4.69, 9.17) is 0 Å². The van der Waals surface area contributed by atoms with Gasteiger partial charge in [-0.25, -0.2) is 4.98 Å². The molecule has 2 rings (SSSR count). The monoisotopic (exact) mass is 308 g/mol. The highest BCUT2D eigenvalue weighted by Gasteiger charge is 2.09. The van der Waals surface area contributed by atoms with Gasteiger partial charge >= 0.3 is 0 Å². The van der Waals surface area contributed by atoms with Crippen LogP contribution in [0.25, 0.3) is 0 Å². The molecule has 2 nitrogen and oxygen atoms in total. The Bertz CT molecular complexity index is 513. The molecule has 1 unspecified atom stereocenters. The summed E-state index contributed by atoms with van der Waals surface area (Å²) in [6.07, 6.45) is 0.903. The Balaban J connectivity index is 2.17. The molecule has 1 N–H and O–H groups in total. The second-order valence-electron chi connectivity index (χ2n) is 4.00. The summed E-state index contributed by atoms with van der Waals surface area (Å²) in [5.41, 5.74) is 1.16. The van der Waals surface area contributed by atoms with Gasteiger partial charge in [0, 0.05) is 4.47 Å². The SMILES string of the molecule is CCC(Nc1cccc(F)n1)c1ccc(Br)cc1. The number of rotatable bonds is 4. The average molecular weight is 309 g/mol. The number of nitrogens with one attached hydrogen (secondary N) is 1. The summed E-state index contributed by atoms with van der Waals surface area (Å²) in [5, 5.41) is 3.24. The van der Waals surface area contributed by atoms with E-state index in [1.54, 1.807) is 12.1 Å². The Kier molecular flexibility index (Phi) is 4.31. The van der Waals surface area contributed by atoms with Crippen LogP contribution >= 0.6 is 15.9 Å². The van der Waals surface area contributed by atoms with Crippen LogP contribution in [0, 0.1) is 5.95 Å². The molecule has 1 atom stereocenters. The van der Waals surface area contributed by atoms with Gasteiger partial charge in [0.25, 0.3) is 0 Å². The Labute approximate surface area is 114 Å². The summed E-state index contributed by atoms with van der Waals surface area (Å²) in [6.45, 7) is 2.08. The minimum absolute atomic E-state index is 0.132. The number of pyridine rings is 1. The van der Waals surface area contributed by atoms with E-state index < -0.39 is 5.95 Å². The summed E-state index contributed by atoms with van der Waals surface area (Å²) in [7, 11) is 0. The van der Waals surface area contributed by atoms with Gasteiger partial charge in [-0.05, 0) is 36.2 Å². The third kappa shape index (κ3) is 3.29. The van der Waals surface area contributed by atoms with Crippen LogP contribution in [0.1, 0.15) is 24.9 Å². The predicted octanol–water partition coefficient (Wildman–Crippen LogP) is 4.55. The molecule has 1 aromatic carbocycles. The normalized spacial score (nSPS) is 12.2. The Hall–Kier alpha value is -1.42. The van der Waals surface area contributed by atoms with Crippen molar-refractivity contribution in [2.24, 2.45) is 0 Å². The van der Waals surface area contributed by atoms with Gasteiger partial charge < -0.3 is 5.32 Å². The number of anilines is 1. The topological polar surface area (TPSA) is 24.9 Å². The molecule has 94 valence electrons. The minimum atomic E-state index is -0.467. The van der Waals surface area contributed by atoms with Crippen LogP contribution in [0.4, 0.5) is 10.2 Å². The minimum Gasteiger partial charge on any atom is -0.363 e. The molecule has 18 heavy (non-hydrogen) atoms. The van der Waals surface area contributed by atoms with Crippen LogP contribution < -0.4 is 5.32 Å². The highest BCUT2D eigenvalue weighted by molar-refractivity contribution is 9.10. The summed E-state index contributed by atoms with van der Waals surface area (Å²) in [4.78, 5) is 3.82. The van der Waals surface area contributed by atoms with E-state index in [1.165, 1.54) is 6.07 Å². The lowest BCUT2D eigenvalue weighted by Gasteiger charge is -2.18. The number of hydrogen-bond donors (Lipinski definition) is 1. The standard InChI is InChI=1S/C14H14BrFN2/c1-2-12(10-6-8-11(15)9-7-10)17-14-5-3-4-13(16)18-14/h3-9,12H,2H2,1H3,(H,17,18). The van der Waals surface area contributed by atoms with E-state index in [2.05, 4.69) is 33.2 Å². The number of halogens is 2. The van der Waals surface area contributed by atoms with Crippen LogP contribution in [0.15, 0.2) is 46.9 Å². The molecule has 0 saturated heterocycles. The second-order valence-corrected chi connectivity index (χ2v) is 4.92. The van der Waals surface area contributed by atoms with Gasteiger partial charge in [-0.1, -0.05) is 41.1 Å². The predicted molar refractivity (Wildman–Crippen MR) is 75.0 cm³/mol. The number of aromatic nitrogens is 1. The zero-order valence-corrected chi connectivity index (χ0v) is 11.6. The van der Waals surface area contributed by atoms with Gasteiger partial charge in [0.2, 0.25) is 5.95 Å². The van der Waals surface area contributed by atoms with E-state index in [9.17, 15) is 4.39 Å². The van der Waals surface area contributed by atoms with Crippen molar-refractivity contribution in [1.29, 1.82) is 0 Å². The summed E-state index contributed by atoms with van der Waals surface area (Å²) < 4.78 is 14.1. The van der Waals surface area contributed by atoms with Crippen LogP contribution in [0.2, 0.25) is 0 Å². The molecule has 0 radical (unpaired) electrons. The van der Waals surface area contributed by atoms with E-state index in [1.807, 2.05) is 24.3 Å². The maximum atomic E-state index is 13.0. The second kappa shape index (κ2) is 5.96. The molecule has 0 spiro atoms. The molecular weight excluding hydrogens is 295 g/mol. The van der Waals surface area contributed by atoms with Gasteiger partial charge in [-0.15, -0.1) is 0 Å². The first-order valence-electron chi connectivity index (χ1n) is 5.83. The van der Waals surface area contributed by atoms with Crippen molar-refractivity contribution in [3.05, 3.63) is 58.4 Å². The van der Waals surface area contributed by atoms with Crippen molar-refractivity contribution in [1.82, 2.24) is 4.98 Å². The highest BCUT2D eigenvalue weighted by atomic mass is 79.9. The fraction of sp³-hybridized carbons (Fsp3) is 0.214. The molecule has 1 heterocycles. The molecule has 0 aliphatic rings. The summed E-state index contributed by atoms with van der Waals surface area (Å²) >= 11 is 3.41. The maximum absolute atomic E-state index is 13.0. The third-order valence-electron chi connectivity index (χ3n) is 2.72. The Morgan fingerprint density at radius 2 is 1.94 bits per heavy atom. The first-order chi connectivity index (χ1) is 8.69. The third-order valence-corrected chi connectivity index (χ3v) is 3.25. The quantitative estimate of drug-likeness (QED) is 0.838. The number of nitrogens with zero attached hydrogens (tertiary/aromatic N) is 1. The lowest BCUT2D eigenvalue weighted by atomic mass is 10.0. The maximum Gasteiger partial charge on any atom is 0.214 e. The van der Waals surface area contributed by atoms with Crippen molar-refractivity contribution in [2.75, 3.05) is 5.32 Å². The molecule has 1 aromatic heterocycles. The van der Waals surface area contributed by atoms with E-state index in [-0.39, 0.29) is 6.04 Å². The fourth-order valence-electron chi connectivity index (χ4n) is 1.78. The van der Waals surface area contributed by atoms with Gasteiger partial charge in [-0.2, -0.15) is 4.39 Å². The number of hydrogen-bond acceptors (Lipinski definition) is 2. The van der Waals surface area contributed by atoms with Crippen molar-refractivity contribution >= 4 is 21.7 Å². The molecule has 0 aliphatic carbocycles. The largest absolute Gasteiger partial charge is 0.363 e. The van der Waals surface area contributed by atoms with E-state index in [0.717, 1.165) is 16.5 Å². The summed E-state index contributed by atoms with van der Waals surface area (Å²) in [6, 6.07) is 13.0. The van der Waals surface area contributed by atoms with Crippen LogP contribution in [-0.2, 0) is 0 Å². The Morgan fingerprint density at radius 1 is 1.22 bits per heavy atom. The van der Waals surface area contributed by atoms with Crippen LogP contribution in [-0.4, -0.2) is 4.98 Å². The highest BCUT2D eigenvalue weighted by Crippen LogP contribution is 2.23. The van der Waals surface area contributed by atoms with Crippen molar-refractivity contribution in [3.8, 4) is 0 Å². The van der Waals surface area contributed by atoms with Crippen LogP contribution in [0.3, 0.4) is 0 Å². The zero-order valence-electron chi connectivity index (χ0n) is 10.0. The van der Waals surface area contributed by atoms with Crippen molar-refractivity contribution in [3.63, 3.8) is 0 Å². The van der Waals surface area contributed by atoms with Crippen molar-refractivity contribution < 1.29 is 4.39 Å². The molecule has 0 saturated carbocycles. The van der Waals surface area contributed by atoms with E-state index in [0.29, 0.717) is 5.82 Å². The first kappa shape index (κ1) is 13.0. The molecular formula is C14H14BrFN2. The molecule has 0 bridgehead atoms. The van der Waals surface area contributed by atoms with Gasteiger partial charge in [0.05, 0.1) is 6.04 Å². The molecule has 2 aromatic rings.